The molecule has 0 spiro atoms. The predicted molar refractivity (Wildman–Crippen MR) is 62.8 cm³/mol. The molecule has 17 heavy (non-hydrogen) atoms. The zero-order valence-electron chi connectivity index (χ0n) is 9.56. The number of methoxy groups -OCH3 is 1. The van der Waals surface area contributed by atoms with Crippen LogP contribution in [0.25, 0.3) is 0 Å². The first-order chi connectivity index (χ1) is 8.24. The SMILES string of the molecule is COc1ccc(C2=NNC(=O)CC2)cc1CO. The maximum Gasteiger partial charge on any atom is 0.240 e. The molecule has 0 aliphatic carbocycles. The lowest BCUT2D eigenvalue weighted by molar-refractivity contribution is -0.121. The Hall–Kier alpha value is -1.88. The minimum atomic E-state index is -0.0867. The topological polar surface area (TPSA) is 70.9 Å². The van der Waals surface area contributed by atoms with Crippen molar-refractivity contribution in [3.63, 3.8) is 0 Å². The molecule has 2 N–H and O–H groups in total. The number of aliphatic hydroxyl groups is 1. The Kier molecular flexibility index (Phi) is 3.39. The molecule has 1 aliphatic rings. The third-order valence-electron chi connectivity index (χ3n) is 2.69. The minimum Gasteiger partial charge on any atom is -0.496 e. The van der Waals surface area contributed by atoms with E-state index in [2.05, 4.69) is 10.5 Å². The molecule has 0 saturated heterocycles. The summed E-state index contributed by atoms with van der Waals surface area (Å²) in [5.41, 5.74) is 4.88. The second-order valence-corrected chi connectivity index (χ2v) is 3.78. The molecule has 0 aromatic heterocycles. The molecule has 5 heteroatoms. The number of ether oxygens (including phenoxy) is 1. The predicted octanol–water partition coefficient (Wildman–Crippen LogP) is 0.802. The van der Waals surface area contributed by atoms with Gasteiger partial charge in [0, 0.05) is 18.4 Å². The highest BCUT2D eigenvalue weighted by Gasteiger charge is 2.14. The second-order valence-electron chi connectivity index (χ2n) is 3.78. The summed E-state index contributed by atoms with van der Waals surface area (Å²) < 4.78 is 5.13. The van der Waals surface area contributed by atoms with E-state index >= 15 is 0 Å². The van der Waals surface area contributed by atoms with Crippen LogP contribution in [0.4, 0.5) is 0 Å². The quantitative estimate of drug-likeness (QED) is 0.812. The Labute approximate surface area is 99.1 Å². The Bertz CT molecular complexity index is 469. The van der Waals surface area contributed by atoms with Crippen LogP contribution in [-0.4, -0.2) is 23.8 Å². The van der Waals surface area contributed by atoms with Gasteiger partial charge in [-0.3, -0.25) is 4.79 Å². The van der Waals surface area contributed by atoms with Gasteiger partial charge in [0.25, 0.3) is 0 Å². The van der Waals surface area contributed by atoms with Crippen LogP contribution < -0.4 is 10.2 Å². The van der Waals surface area contributed by atoms with Gasteiger partial charge in [-0.25, -0.2) is 5.43 Å². The van der Waals surface area contributed by atoms with E-state index in [4.69, 9.17) is 4.74 Å². The van der Waals surface area contributed by atoms with Crippen LogP contribution in [0.1, 0.15) is 24.0 Å². The number of hydrogen-bond donors (Lipinski definition) is 2. The van der Waals surface area contributed by atoms with Crippen LogP contribution in [0.2, 0.25) is 0 Å². The van der Waals surface area contributed by atoms with Crippen LogP contribution in [-0.2, 0) is 11.4 Å². The first-order valence-electron chi connectivity index (χ1n) is 5.38. The smallest absolute Gasteiger partial charge is 0.240 e. The fourth-order valence-corrected chi connectivity index (χ4v) is 1.76. The molecule has 1 aromatic rings. The van der Waals surface area contributed by atoms with E-state index in [1.807, 2.05) is 12.1 Å². The van der Waals surface area contributed by atoms with E-state index in [9.17, 15) is 9.90 Å². The molecule has 2 rings (SSSR count). The standard InChI is InChI=1S/C12H14N2O3/c1-17-11-4-2-8(6-9(11)7-15)10-3-5-12(16)14-13-10/h2,4,6,15H,3,5,7H2,1H3,(H,14,16). The molecule has 1 amide bonds. The number of rotatable bonds is 3. The average Bonchev–Trinajstić information content (AvgIpc) is 2.39. The molecule has 0 fully saturated rings. The van der Waals surface area contributed by atoms with E-state index in [1.54, 1.807) is 13.2 Å². The highest BCUT2D eigenvalue weighted by Crippen LogP contribution is 2.21. The van der Waals surface area contributed by atoms with Crippen LogP contribution in [0.3, 0.4) is 0 Å². The Morgan fingerprint density at radius 3 is 2.88 bits per heavy atom. The highest BCUT2D eigenvalue weighted by atomic mass is 16.5. The zero-order valence-corrected chi connectivity index (χ0v) is 9.56. The maximum absolute atomic E-state index is 11.0. The van der Waals surface area contributed by atoms with E-state index in [-0.39, 0.29) is 12.5 Å². The molecule has 5 nitrogen and oxygen atoms in total. The first kappa shape index (κ1) is 11.6. The number of hydrogen-bond acceptors (Lipinski definition) is 4. The molecule has 0 bridgehead atoms. The molecule has 90 valence electrons. The van der Waals surface area contributed by atoms with Gasteiger partial charge in [-0.1, -0.05) is 0 Å². The van der Waals surface area contributed by atoms with Gasteiger partial charge in [0.15, 0.2) is 0 Å². The summed E-state index contributed by atoms with van der Waals surface area (Å²) in [4.78, 5) is 11.0. The summed E-state index contributed by atoms with van der Waals surface area (Å²) in [5.74, 6) is 0.585. The van der Waals surface area contributed by atoms with Crippen molar-refractivity contribution >= 4 is 11.6 Å². The van der Waals surface area contributed by atoms with Crippen LogP contribution >= 0.6 is 0 Å². The monoisotopic (exact) mass is 234 g/mol. The summed E-state index contributed by atoms with van der Waals surface area (Å²) in [6.07, 6.45) is 1.06. The molecule has 1 aromatic carbocycles. The zero-order chi connectivity index (χ0) is 12.3. The summed E-state index contributed by atoms with van der Waals surface area (Å²) in [7, 11) is 1.56. The molecule has 1 aliphatic heterocycles. The van der Waals surface area contributed by atoms with Gasteiger partial charge in [0.2, 0.25) is 5.91 Å². The number of carbonyl (C=O) groups is 1. The van der Waals surface area contributed by atoms with Crippen molar-refractivity contribution in [2.24, 2.45) is 5.10 Å². The van der Waals surface area contributed by atoms with Gasteiger partial charge < -0.3 is 9.84 Å². The van der Waals surface area contributed by atoms with E-state index < -0.39 is 0 Å². The lowest BCUT2D eigenvalue weighted by atomic mass is 10.0. The number of benzene rings is 1. The van der Waals surface area contributed by atoms with Crippen LogP contribution in [0.15, 0.2) is 23.3 Å². The summed E-state index contributed by atoms with van der Waals surface area (Å²) in [6, 6.07) is 5.49. The maximum atomic E-state index is 11.0. The normalized spacial score (nSPS) is 15.2. The Morgan fingerprint density at radius 2 is 2.29 bits per heavy atom. The third-order valence-corrected chi connectivity index (χ3v) is 2.69. The number of amides is 1. The van der Waals surface area contributed by atoms with Crippen molar-refractivity contribution in [1.29, 1.82) is 0 Å². The molecule has 0 unspecified atom stereocenters. The van der Waals surface area contributed by atoms with E-state index in [0.717, 1.165) is 11.3 Å². The molecular weight excluding hydrogens is 220 g/mol. The van der Waals surface area contributed by atoms with Crippen molar-refractivity contribution < 1.29 is 14.6 Å². The Balaban J connectivity index is 2.30. The number of aliphatic hydroxyl groups excluding tert-OH is 1. The average molecular weight is 234 g/mol. The van der Waals surface area contributed by atoms with Crippen molar-refractivity contribution in [2.75, 3.05) is 7.11 Å². The van der Waals surface area contributed by atoms with Crippen LogP contribution in [0.5, 0.6) is 5.75 Å². The largest absolute Gasteiger partial charge is 0.496 e. The van der Waals surface area contributed by atoms with Crippen molar-refractivity contribution in [3.05, 3.63) is 29.3 Å². The van der Waals surface area contributed by atoms with E-state index in [1.165, 1.54) is 0 Å². The van der Waals surface area contributed by atoms with Gasteiger partial charge >= 0.3 is 0 Å². The van der Waals surface area contributed by atoms with Gasteiger partial charge in [0.05, 0.1) is 19.4 Å². The number of hydrazone groups is 1. The summed E-state index contributed by atoms with van der Waals surface area (Å²) in [6.45, 7) is -0.0867. The van der Waals surface area contributed by atoms with Gasteiger partial charge in [0.1, 0.15) is 5.75 Å². The fraction of sp³-hybridized carbons (Fsp3) is 0.333. The summed E-state index contributed by atoms with van der Waals surface area (Å²) in [5, 5.41) is 13.2. The Morgan fingerprint density at radius 1 is 1.47 bits per heavy atom. The fourth-order valence-electron chi connectivity index (χ4n) is 1.76. The summed E-state index contributed by atoms with van der Waals surface area (Å²) >= 11 is 0. The van der Waals surface area contributed by atoms with Crippen molar-refractivity contribution in [1.82, 2.24) is 5.43 Å². The highest BCUT2D eigenvalue weighted by molar-refractivity contribution is 6.04. The van der Waals surface area contributed by atoms with Crippen LogP contribution in [0, 0.1) is 0 Å². The lowest BCUT2D eigenvalue weighted by Gasteiger charge is -2.14. The molecule has 0 atom stereocenters. The number of nitrogens with one attached hydrogen (secondary N) is 1. The van der Waals surface area contributed by atoms with E-state index in [0.29, 0.717) is 24.2 Å². The molecule has 1 heterocycles. The van der Waals surface area contributed by atoms with Crippen molar-refractivity contribution in [3.8, 4) is 5.75 Å². The third kappa shape index (κ3) is 2.45. The molecule has 0 radical (unpaired) electrons. The van der Waals surface area contributed by atoms with Crippen molar-refractivity contribution in [2.45, 2.75) is 19.4 Å². The lowest BCUT2D eigenvalue weighted by Crippen LogP contribution is -2.25. The molecule has 0 saturated carbocycles. The minimum absolute atomic E-state index is 0.0651. The number of nitrogens with zero attached hydrogens (tertiary/aromatic N) is 1. The van der Waals surface area contributed by atoms with Gasteiger partial charge in [-0.2, -0.15) is 5.10 Å². The van der Waals surface area contributed by atoms with Gasteiger partial charge in [-0.05, 0) is 23.8 Å². The molecular formula is C12H14N2O3. The second kappa shape index (κ2) is 4.97. The van der Waals surface area contributed by atoms with Gasteiger partial charge in [-0.15, -0.1) is 0 Å². The first-order valence-corrected chi connectivity index (χ1v) is 5.38. The number of carbonyl (C=O) groups excluding carboxylic acids is 1.